The lowest BCUT2D eigenvalue weighted by atomic mass is 10.1. The number of rotatable bonds is 11. The van der Waals surface area contributed by atoms with Crippen LogP contribution in [0.4, 0.5) is 10.5 Å². The monoisotopic (exact) mass is 528 g/mol. The van der Waals surface area contributed by atoms with Gasteiger partial charge in [0.05, 0.1) is 6.61 Å². The number of ether oxygens (including phenoxy) is 2. The van der Waals surface area contributed by atoms with Gasteiger partial charge in [-0.15, -0.1) is 0 Å². The lowest BCUT2D eigenvalue weighted by molar-refractivity contribution is 0.205. The van der Waals surface area contributed by atoms with E-state index in [0.717, 1.165) is 57.1 Å². The Labute approximate surface area is 232 Å². The van der Waals surface area contributed by atoms with Crippen LogP contribution in [-0.2, 0) is 6.54 Å². The second-order valence-electron chi connectivity index (χ2n) is 10.5. The van der Waals surface area contributed by atoms with Crippen LogP contribution in [0.1, 0.15) is 37.7 Å². The molecule has 0 aliphatic carbocycles. The second kappa shape index (κ2) is 14.0. The number of benzene rings is 3. The summed E-state index contributed by atoms with van der Waals surface area (Å²) in [7, 11) is 0. The number of hydrogen-bond donors (Lipinski definition) is 2. The Morgan fingerprint density at radius 2 is 1.62 bits per heavy atom. The van der Waals surface area contributed by atoms with Crippen molar-refractivity contribution in [3.63, 3.8) is 0 Å². The number of carbonyl (C=O) groups is 1. The molecule has 0 aromatic heterocycles. The van der Waals surface area contributed by atoms with E-state index < -0.39 is 0 Å². The van der Waals surface area contributed by atoms with E-state index in [9.17, 15) is 4.79 Å². The number of amides is 2. The highest BCUT2D eigenvalue weighted by atomic mass is 16.5. The molecule has 7 nitrogen and oxygen atoms in total. The minimum Gasteiger partial charge on any atom is -0.494 e. The van der Waals surface area contributed by atoms with Crippen LogP contribution in [0.2, 0.25) is 0 Å². The molecule has 2 fully saturated rings. The van der Waals surface area contributed by atoms with Crippen molar-refractivity contribution in [2.24, 2.45) is 0 Å². The summed E-state index contributed by atoms with van der Waals surface area (Å²) in [6, 6.07) is 25.4. The molecule has 2 N–H and O–H groups in total. The topological polar surface area (TPSA) is 66.1 Å². The molecule has 206 valence electrons. The number of para-hydroxylation sites is 1. The lowest BCUT2D eigenvalue weighted by Crippen LogP contribution is -2.39. The van der Waals surface area contributed by atoms with Gasteiger partial charge in [0.25, 0.3) is 0 Å². The number of hydrogen-bond acceptors (Lipinski definition) is 5. The van der Waals surface area contributed by atoms with Gasteiger partial charge in [-0.2, -0.15) is 0 Å². The quantitative estimate of drug-likeness (QED) is 0.293. The molecule has 2 heterocycles. The van der Waals surface area contributed by atoms with Gasteiger partial charge in [-0.25, -0.2) is 4.79 Å². The predicted molar refractivity (Wildman–Crippen MR) is 156 cm³/mol. The fourth-order valence-electron chi connectivity index (χ4n) is 5.32. The fourth-order valence-corrected chi connectivity index (χ4v) is 5.32. The normalized spacial score (nSPS) is 18.0. The Morgan fingerprint density at radius 3 is 2.44 bits per heavy atom. The van der Waals surface area contributed by atoms with Crippen molar-refractivity contribution in [1.82, 2.24) is 15.1 Å². The zero-order valence-electron chi connectivity index (χ0n) is 22.7. The van der Waals surface area contributed by atoms with Crippen LogP contribution < -0.4 is 20.1 Å². The van der Waals surface area contributed by atoms with Crippen molar-refractivity contribution >= 4 is 11.7 Å². The Morgan fingerprint density at radius 1 is 0.821 bits per heavy atom. The van der Waals surface area contributed by atoms with Gasteiger partial charge in [-0.3, -0.25) is 4.90 Å². The molecule has 3 aromatic carbocycles. The van der Waals surface area contributed by atoms with Crippen molar-refractivity contribution in [1.29, 1.82) is 0 Å². The van der Waals surface area contributed by atoms with Gasteiger partial charge < -0.3 is 25.0 Å². The molecular formula is C32H40N4O3. The Kier molecular flexibility index (Phi) is 9.71. The van der Waals surface area contributed by atoms with Gasteiger partial charge in [0.1, 0.15) is 17.2 Å². The SMILES string of the molecule is O=C(Nc1cccc(Oc2ccccc2)c1)N[C@H]1CCN(Cc2ccc(OCCCN3CCCCC3)cc2)C1. The third kappa shape index (κ3) is 8.73. The van der Waals surface area contributed by atoms with Crippen LogP contribution in [0.3, 0.4) is 0 Å². The van der Waals surface area contributed by atoms with E-state index in [-0.39, 0.29) is 12.1 Å². The molecule has 2 aliphatic heterocycles. The lowest BCUT2D eigenvalue weighted by Gasteiger charge is -2.26. The zero-order valence-corrected chi connectivity index (χ0v) is 22.7. The maximum absolute atomic E-state index is 12.6. The Hall–Kier alpha value is -3.55. The second-order valence-corrected chi connectivity index (χ2v) is 10.5. The largest absolute Gasteiger partial charge is 0.494 e. The molecule has 2 amide bonds. The summed E-state index contributed by atoms with van der Waals surface area (Å²) in [6.45, 7) is 7.04. The van der Waals surface area contributed by atoms with Crippen LogP contribution in [0, 0.1) is 0 Å². The van der Waals surface area contributed by atoms with E-state index in [1.807, 2.05) is 54.6 Å². The van der Waals surface area contributed by atoms with Gasteiger partial charge in [0.15, 0.2) is 0 Å². The minimum absolute atomic E-state index is 0.122. The molecule has 1 atom stereocenters. The average molecular weight is 529 g/mol. The predicted octanol–water partition coefficient (Wildman–Crippen LogP) is 6.13. The third-order valence-corrected chi connectivity index (χ3v) is 7.34. The van der Waals surface area contributed by atoms with Crippen molar-refractivity contribution in [3.8, 4) is 17.2 Å². The van der Waals surface area contributed by atoms with Gasteiger partial charge >= 0.3 is 6.03 Å². The number of urea groups is 1. The maximum atomic E-state index is 12.6. The molecule has 0 radical (unpaired) electrons. The summed E-state index contributed by atoms with van der Waals surface area (Å²) in [6.07, 6.45) is 6.06. The molecule has 0 bridgehead atoms. The number of nitrogens with zero attached hydrogens (tertiary/aromatic N) is 2. The van der Waals surface area contributed by atoms with Crippen LogP contribution in [0.15, 0.2) is 78.9 Å². The van der Waals surface area contributed by atoms with E-state index in [2.05, 4.69) is 44.7 Å². The van der Waals surface area contributed by atoms with Crippen LogP contribution >= 0.6 is 0 Å². The highest BCUT2D eigenvalue weighted by Crippen LogP contribution is 2.24. The van der Waals surface area contributed by atoms with Gasteiger partial charge in [0.2, 0.25) is 0 Å². The van der Waals surface area contributed by atoms with E-state index in [1.165, 1.54) is 37.9 Å². The third-order valence-electron chi connectivity index (χ3n) is 7.34. The standard InChI is InChI=1S/C32H40N4O3/c37-32(33-27-9-7-12-31(23-27)39-30-10-3-1-4-11-30)34-28-17-21-36(25-28)24-26-13-15-29(16-14-26)38-22-8-20-35-18-5-2-6-19-35/h1,3-4,7,9-16,23,28H,2,5-6,8,17-22,24-25H2,(H2,33,34,37)/t28-/m0/s1. The smallest absolute Gasteiger partial charge is 0.319 e. The number of anilines is 1. The Balaban J connectivity index is 1.00. The number of piperidine rings is 1. The summed E-state index contributed by atoms with van der Waals surface area (Å²) >= 11 is 0. The molecule has 39 heavy (non-hydrogen) atoms. The maximum Gasteiger partial charge on any atom is 0.319 e. The molecular weight excluding hydrogens is 488 g/mol. The molecule has 7 heteroatoms. The van der Waals surface area contributed by atoms with E-state index >= 15 is 0 Å². The van der Waals surface area contributed by atoms with Crippen molar-refractivity contribution in [2.45, 2.75) is 44.7 Å². The summed E-state index contributed by atoms with van der Waals surface area (Å²) in [4.78, 5) is 17.6. The zero-order chi connectivity index (χ0) is 26.7. The van der Waals surface area contributed by atoms with Crippen molar-refractivity contribution in [3.05, 3.63) is 84.4 Å². The molecule has 2 aliphatic rings. The highest BCUT2D eigenvalue weighted by Gasteiger charge is 2.24. The van der Waals surface area contributed by atoms with E-state index in [1.54, 1.807) is 0 Å². The van der Waals surface area contributed by atoms with Gasteiger partial charge in [0, 0.05) is 44.0 Å². The van der Waals surface area contributed by atoms with Crippen LogP contribution in [0.25, 0.3) is 0 Å². The molecule has 0 saturated carbocycles. The summed E-state index contributed by atoms with van der Waals surface area (Å²) in [5.74, 6) is 2.38. The average Bonchev–Trinajstić information content (AvgIpc) is 3.39. The van der Waals surface area contributed by atoms with Gasteiger partial charge in [-0.1, -0.05) is 42.8 Å². The first kappa shape index (κ1) is 27.0. The molecule has 5 rings (SSSR count). The van der Waals surface area contributed by atoms with E-state index in [4.69, 9.17) is 9.47 Å². The summed E-state index contributed by atoms with van der Waals surface area (Å²) < 4.78 is 11.8. The van der Waals surface area contributed by atoms with E-state index in [0.29, 0.717) is 11.4 Å². The first-order valence-electron chi connectivity index (χ1n) is 14.3. The molecule has 3 aromatic rings. The van der Waals surface area contributed by atoms with Crippen molar-refractivity contribution in [2.75, 3.05) is 44.6 Å². The summed E-state index contributed by atoms with van der Waals surface area (Å²) in [5, 5.41) is 6.06. The highest BCUT2D eigenvalue weighted by molar-refractivity contribution is 5.89. The fraction of sp³-hybridized carbons (Fsp3) is 0.406. The molecule has 2 saturated heterocycles. The number of likely N-dealkylation sites (tertiary alicyclic amines) is 2. The number of nitrogens with one attached hydrogen (secondary N) is 2. The van der Waals surface area contributed by atoms with Crippen LogP contribution in [0.5, 0.6) is 17.2 Å². The van der Waals surface area contributed by atoms with Crippen LogP contribution in [-0.4, -0.2) is 61.2 Å². The first-order valence-corrected chi connectivity index (χ1v) is 14.3. The van der Waals surface area contributed by atoms with Gasteiger partial charge in [-0.05, 0) is 80.7 Å². The molecule has 0 unspecified atom stereocenters. The summed E-state index contributed by atoms with van der Waals surface area (Å²) in [5.41, 5.74) is 1.96. The number of carbonyl (C=O) groups excluding carboxylic acids is 1. The molecule has 0 spiro atoms. The Bertz CT molecular complexity index is 1170. The first-order chi connectivity index (χ1) is 19.2. The van der Waals surface area contributed by atoms with Crippen molar-refractivity contribution < 1.29 is 14.3 Å². The minimum atomic E-state index is -0.194.